The second-order valence-electron chi connectivity index (χ2n) is 3.77. The van der Waals surface area contributed by atoms with Gasteiger partial charge in [-0.25, -0.2) is 0 Å². The van der Waals surface area contributed by atoms with Crippen molar-refractivity contribution >= 4 is 11.6 Å². The molecule has 2 atom stereocenters. The van der Waals surface area contributed by atoms with E-state index in [9.17, 15) is 5.11 Å². The molecular formula is C12H17ClO. The van der Waals surface area contributed by atoms with Gasteiger partial charge in [0, 0.05) is 5.02 Å². The Labute approximate surface area is 90.7 Å². The molecule has 0 bridgehead atoms. The van der Waals surface area contributed by atoms with Gasteiger partial charge in [0.2, 0.25) is 0 Å². The summed E-state index contributed by atoms with van der Waals surface area (Å²) in [5.74, 6) is 0.290. The summed E-state index contributed by atoms with van der Waals surface area (Å²) in [6.45, 7) is 4.19. The van der Waals surface area contributed by atoms with Gasteiger partial charge in [-0.2, -0.15) is 0 Å². The van der Waals surface area contributed by atoms with Gasteiger partial charge in [-0.15, -0.1) is 0 Å². The van der Waals surface area contributed by atoms with Crippen LogP contribution in [0.15, 0.2) is 24.3 Å². The van der Waals surface area contributed by atoms with Crippen molar-refractivity contribution in [3.8, 4) is 0 Å². The smallest absolute Gasteiger partial charge is 0.0816 e. The highest BCUT2D eigenvalue weighted by Crippen LogP contribution is 2.26. The third kappa shape index (κ3) is 3.00. The maximum absolute atomic E-state index is 9.99. The number of aliphatic hydroxyl groups is 1. The van der Waals surface area contributed by atoms with Crippen LogP contribution in [0, 0.1) is 5.92 Å². The summed E-state index contributed by atoms with van der Waals surface area (Å²) < 4.78 is 0. The van der Waals surface area contributed by atoms with Crippen molar-refractivity contribution in [1.29, 1.82) is 0 Å². The first-order chi connectivity index (χ1) is 6.65. The summed E-state index contributed by atoms with van der Waals surface area (Å²) in [5.41, 5.74) is 0.915. The lowest BCUT2D eigenvalue weighted by atomic mass is 9.94. The van der Waals surface area contributed by atoms with E-state index in [1.165, 1.54) is 0 Å². The van der Waals surface area contributed by atoms with Gasteiger partial charge in [0.05, 0.1) is 6.10 Å². The summed E-state index contributed by atoms with van der Waals surface area (Å²) in [6.07, 6.45) is 1.74. The van der Waals surface area contributed by atoms with Crippen LogP contribution in [0.25, 0.3) is 0 Å². The first kappa shape index (κ1) is 11.5. The van der Waals surface area contributed by atoms with Crippen molar-refractivity contribution in [1.82, 2.24) is 0 Å². The van der Waals surface area contributed by atoms with Gasteiger partial charge >= 0.3 is 0 Å². The maximum atomic E-state index is 9.99. The molecule has 0 saturated heterocycles. The highest BCUT2D eigenvalue weighted by atomic mass is 35.5. The van der Waals surface area contributed by atoms with Crippen molar-refractivity contribution in [2.75, 3.05) is 0 Å². The molecule has 1 nitrogen and oxygen atoms in total. The molecule has 0 aliphatic carbocycles. The molecule has 0 aliphatic rings. The summed E-state index contributed by atoms with van der Waals surface area (Å²) in [6, 6.07) is 7.45. The minimum Gasteiger partial charge on any atom is -0.388 e. The van der Waals surface area contributed by atoms with E-state index < -0.39 is 6.10 Å². The minimum absolute atomic E-state index is 0.290. The highest BCUT2D eigenvalue weighted by molar-refractivity contribution is 6.30. The summed E-state index contributed by atoms with van der Waals surface area (Å²) in [4.78, 5) is 0. The van der Waals surface area contributed by atoms with Gasteiger partial charge in [0.25, 0.3) is 0 Å². The fourth-order valence-corrected chi connectivity index (χ4v) is 1.83. The monoisotopic (exact) mass is 212 g/mol. The fourth-order valence-electron chi connectivity index (χ4n) is 1.63. The standard InChI is InChI=1S/C12H17ClO/c1-3-5-9(2)12(14)10-6-4-7-11(13)8-10/h4,6-9,12,14H,3,5H2,1-2H3. The van der Waals surface area contributed by atoms with Gasteiger partial charge in [0.1, 0.15) is 0 Å². The Bertz CT molecular complexity index is 285. The summed E-state index contributed by atoms with van der Waals surface area (Å²) in [7, 11) is 0. The first-order valence-electron chi connectivity index (χ1n) is 5.08. The van der Waals surface area contributed by atoms with Crippen LogP contribution in [0.4, 0.5) is 0 Å². The van der Waals surface area contributed by atoms with E-state index in [0.717, 1.165) is 18.4 Å². The van der Waals surface area contributed by atoms with Crippen molar-refractivity contribution in [2.45, 2.75) is 32.8 Å². The number of benzene rings is 1. The normalized spacial score (nSPS) is 15.1. The van der Waals surface area contributed by atoms with E-state index >= 15 is 0 Å². The predicted octanol–water partition coefficient (Wildman–Crippen LogP) is 3.81. The average Bonchev–Trinajstić information content (AvgIpc) is 2.17. The average molecular weight is 213 g/mol. The number of hydrogen-bond acceptors (Lipinski definition) is 1. The Kier molecular flexibility index (Phi) is 4.43. The number of rotatable bonds is 4. The molecule has 2 heteroatoms. The number of aliphatic hydroxyl groups excluding tert-OH is 1. The van der Waals surface area contributed by atoms with Crippen LogP contribution >= 0.6 is 11.6 Å². The maximum Gasteiger partial charge on any atom is 0.0816 e. The Morgan fingerprint density at radius 1 is 1.43 bits per heavy atom. The Morgan fingerprint density at radius 2 is 2.14 bits per heavy atom. The molecule has 0 heterocycles. The van der Waals surface area contributed by atoms with Crippen LogP contribution < -0.4 is 0 Å². The second kappa shape index (κ2) is 5.38. The molecule has 0 amide bonds. The van der Waals surface area contributed by atoms with E-state index in [4.69, 9.17) is 11.6 Å². The molecule has 0 radical (unpaired) electrons. The molecular weight excluding hydrogens is 196 g/mol. The Balaban J connectivity index is 2.73. The quantitative estimate of drug-likeness (QED) is 0.805. The van der Waals surface area contributed by atoms with Crippen LogP contribution in [0.5, 0.6) is 0 Å². The lowest BCUT2D eigenvalue weighted by Gasteiger charge is -2.18. The van der Waals surface area contributed by atoms with Crippen molar-refractivity contribution in [3.05, 3.63) is 34.9 Å². The predicted molar refractivity (Wildman–Crippen MR) is 60.5 cm³/mol. The first-order valence-corrected chi connectivity index (χ1v) is 5.46. The van der Waals surface area contributed by atoms with Crippen LogP contribution in [0.1, 0.15) is 38.4 Å². The summed E-state index contributed by atoms with van der Waals surface area (Å²) in [5, 5.41) is 10.7. The van der Waals surface area contributed by atoms with E-state index in [2.05, 4.69) is 13.8 Å². The Morgan fingerprint density at radius 3 is 2.71 bits per heavy atom. The molecule has 0 aliphatic heterocycles. The van der Waals surface area contributed by atoms with Crippen molar-refractivity contribution in [2.24, 2.45) is 5.92 Å². The van der Waals surface area contributed by atoms with Gasteiger partial charge in [0.15, 0.2) is 0 Å². The Hall–Kier alpha value is -0.530. The molecule has 0 spiro atoms. The number of hydrogen-bond donors (Lipinski definition) is 1. The lowest BCUT2D eigenvalue weighted by molar-refractivity contribution is 0.112. The third-order valence-corrected chi connectivity index (χ3v) is 2.71. The van der Waals surface area contributed by atoms with E-state index in [0.29, 0.717) is 10.9 Å². The molecule has 78 valence electrons. The van der Waals surface area contributed by atoms with Gasteiger partial charge < -0.3 is 5.11 Å². The van der Waals surface area contributed by atoms with Crippen LogP contribution in [-0.4, -0.2) is 5.11 Å². The molecule has 2 unspecified atom stereocenters. The van der Waals surface area contributed by atoms with E-state index in [1.807, 2.05) is 24.3 Å². The molecule has 14 heavy (non-hydrogen) atoms. The van der Waals surface area contributed by atoms with Crippen LogP contribution in [0.2, 0.25) is 5.02 Å². The van der Waals surface area contributed by atoms with Gasteiger partial charge in [-0.1, -0.05) is 44.0 Å². The highest BCUT2D eigenvalue weighted by Gasteiger charge is 2.15. The zero-order valence-electron chi connectivity index (χ0n) is 8.70. The van der Waals surface area contributed by atoms with Gasteiger partial charge in [-0.3, -0.25) is 0 Å². The topological polar surface area (TPSA) is 20.2 Å². The number of halogens is 1. The lowest BCUT2D eigenvalue weighted by Crippen LogP contribution is -2.08. The van der Waals surface area contributed by atoms with Crippen LogP contribution in [-0.2, 0) is 0 Å². The molecule has 0 saturated carbocycles. The zero-order valence-corrected chi connectivity index (χ0v) is 9.46. The van der Waals surface area contributed by atoms with Gasteiger partial charge in [-0.05, 0) is 30.0 Å². The van der Waals surface area contributed by atoms with E-state index in [-0.39, 0.29) is 0 Å². The summed E-state index contributed by atoms with van der Waals surface area (Å²) >= 11 is 5.86. The van der Waals surface area contributed by atoms with E-state index in [1.54, 1.807) is 0 Å². The molecule has 0 fully saturated rings. The second-order valence-corrected chi connectivity index (χ2v) is 4.20. The largest absolute Gasteiger partial charge is 0.388 e. The SMILES string of the molecule is CCCC(C)C(O)c1cccc(Cl)c1. The fraction of sp³-hybridized carbons (Fsp3) is 0.500. The zero-order chi connectivity index (χ0) is 10.6. The third-order valence-electron chi connectivity index (χ3n) is 2.47. The molecule has 1 rings (SSSR count). The molecule has 1 N–H and O–H groups in total. The molecule has 0 aromatic heterocycles. The van der Waals surface area contributed by atoms with Crippen molar-refractivity contribution < 1.29 is 5.11 Å². The van der Waals surface area contributed by atoms with Crippen molar-refractivity contribution in [3.63, 3.8) is 0 Å². The molecule has 1 aromatic rings. The molecule has 1 aromatic carbocycles. The van der Waals surface area contributed by atoms with Crippen LogP contribution in [0.3, 0.4) is 0 Å². The minimum atomic E-state index is -0.395.